The molecule has 0 saturated carbocycles. The first-order valence-corrected chi connectivity index (χ1v) is 8.56. The van der Waals surface area contributed by atoms with Crippen molar-refractivity contribution in [3.05, 3.63) is 60.2 Å². The SMILES string of the molecule is O=C(O)CN(C(=O)c1ccc(OCC2CCCO2)cc1)c1ccccc1. The number of rotatable bonds is 7. The summed E-state index contributed by atoms with van der Waals surface area (Å²) in [5.74, 6) is -0.787. The number of nitrogens with zero attached hydrogens (tertiary/aromatic N) is 1. The van der Waals surface area contributed by atoms with Crippen LogP contribution in [0.3, 0.4) is 0 Å². The van der Waals surface area contributed by atoms with Crippen molar-refractivity contribution >= 4 is 17.6 Å². The molecule has 1 amide bonds. The molecule has 6 nitrogen and oxygen atoms in total. The van der Waals surface area contributed by atoms with Gasteiger partial charge in [-0.05, 0) is 49.2 Å². The number of amides is 1. The highest BCUT2D eigenvalue weighted by Crippen LogP contribution is 2.20. The highest BCUT2D eigenvalue weighted by molar-refractivity contribution is 6.08. The third kappa shape index (κ3) is 4.61. The fourth-order valence-electron chi connectivity index (χ4n) is 2.84. The number of anilines is 1. The second-order valence-corrected chi connectivity index (χ2v) is 6.09. The molecule has 1 saturated heterocycles. The van der Waals surface area contributed by atoms with Gasteiger partial charge in [-0.2, -0.15) is 0 Å². The molecule has 1 atom stereocenters. The van der Waals surface area contributed by atoms with Crippen molar-refractivity contribution in [1.82, 2.24) is 0 Å². The molecule has 3 rings (SSSR count). The number of benzene rings is 2. The summed E-state index contributed by atoms with van der Waals surface area (Å²) in [5, 5.41) is 9.13. The van der Waals surface area contributed by atoms with Crippen molar-refractivity contribution in [2.24, 2.45) is 0 Å². The van der Waals surface area contributed by atoms with E-state index in [9.17, 15) is 9.59 Å². The Morgan fingerprint density at radius 2 is 1.85 bits per heavy atom. The van der Waals surface area contributed by atoms with Crippen LogP contribution in [-0.4, -0.2) is 42.8 Å². The molecule has 136 valence electrons. The molecule has 1 aliphatic heterocycles. The third-order valence-electron chi connectivity index (χ3n) is 4.17. The average molecular weight is 355 g/mol. The van der Waals surface area contributed by atoms with E-state index in [4.69, 9.17) is 14.6 Å². The number of ether oxygens (including phenoxy) is 2. The van der Waals surface area contributed by atoms with E-state index >= 15 is 0 Å². The van der Waals surface area contributed by atoms with Crippen LogP contribution in [0.4, 0.5) is 5.69 Å². The fourth-order valence-corrected chi connectivity index (χ4v) is 2.84. The summed E-state index contributed by atoms with van der Waals surface area (Å²) in [6, 6.07) is 15.5. The highest BCUT2D eigenvalue weighted by Gasteiger charge is 2.20. The van der Waals surface area contributed by atoms with E-state index in [1.807, 2.05) is 6.07 Å². The van der Waals surface area contributed by atoms with Gasteiger partial charge in [-0.3, -0.25) is 14.5 Å². The topological polar surface area (TPSA) is 76.1 Å². The molecule has 0 aromatic heterocycles. The van der Waals surface area contributed by atoms with E-state index in [2.05, 4.69) is 0 Å². The summed E-state index contributed by atoms with van der Waals surface area (Å²) in [6.45, 7) is 0.864. The van der Waals surface area contributed by atoms with Gasteiger partial charge in [-0.1, -0.05) is 18.2 Å². The molecule has 1 heterocycles. The predicted molar refractivity (Wildman–Crippen MR) is 96.7 cm³/mol. The first-order chi connectivity index (χ1) is 12.6. The van der Waals surface area contributed by atoms with E-state index in [0.717, 1.165) is 19.4 Å². The molecule has 26 heavy (non-hydrogen) atoms. The van der Waals surface area contributed by atoms with Gasteiger partial charge in [0.15, 0.2) is 0 Å². The maximum absolute atomic E-state index is 12.8. The second-order valence-electron chi connectivity index (χ2n) is 6.09. The number of carbonyl (C=O) groups excluding carboxylic acids is 1. The summed E-state index contributed by atoms with van der Waals surface area (Å²) in [5.41, 5.74) is 0.943. The van der Waals surface area contributed by atoms with Gasteiger partial charge in [-0.25, -0.2) is 0 Å². The molecular formula is C20H21NO5. The molecule has 2 aromatic rings. The number of carboxylic acids is 1. The Kier molecular flexibility index (Phi) is 5.86. The molecule has 0 aliphatic carbocycles. The van der Waals surface area contributed by atoms with Crippen LogP contribution in [-0.2, 0) is 9.53 Å². The first kappa shape index (κ1) is 17.9. The summed E-state index contributed by atoms with van der Waals surface area (Å²) in [7, 11) is 0. The minimum Gasteiger partial charge on any atom is -0.491 e. The van der Waals surface area contributed by atoms with E-state index in [1.165, 1.54) is 4.90 Å². The van der Waals surface area contributed by atoms with Gasteiger partial charge in [0, 0.05) is 17.9 Å². The van der Waals surface area contributed by atoms with Crippen molar-refractivity contribution in [2.75, 3.05) is 24.7 Å². The minimum absolute atomic E-state index is 0.125. The summed E-state index contributed by atoms with van der Waals surface area (Å²) in [4.78, 5) is 25.2. The zero-order valence-corrected chi connectivity index (χ0v) is 14.3. The Labute approximate surface area is 152 Å². The van der Waals surface area contributed by atoms with Crippen molar-refractivity contribution in [2.45, 2.75) is 18.9 Å². The lowest BCUT2D eigenvalue weighted by Gasteiger charge is -2.21. The Morgan fingerprint density at radius 3 is 2.46 bits per heavy atom. The number of para-hydroxylation sites is 1. The Balaban J connectivity index is 1.69. The summed E-state index contributed by atoms with van der Waals surface area (Å²) in [6.07, 6.45) is 2.18. The van der Waals surface area contributed by atoms with Crippen LogP contribution in [0.5, 0.6) is 5.75 Å². The van der Waals surface area contributed by atoms with Gasteiger partial charge in [-0.15, -0.1) is 0 Å². The molecule has 0 radical (unpaired) electrons. The van der Waals surface area contributed by atoms with Crippen molar-refractivity contribution in [3.63, 3.8) is 0 Å². The van der Waals surface area contributed by atoms with Gasteiger partial charge < -0.3 is 14.6 Å². The Bertz CT molecular complexity index is 739. The summed E-state index contributed by atoms with van der Waals surface area (Å²) >= 11 is 0. The van der Waals surface area contributed by atoms with Crippen LogP contribution in [0.15, 0.2) is 54.6 Å². The van der Waals surface area contributed by atoms with Crippen LogP contribution in [0.25, 0.3) is 0 Å². The van der Waals surface area contributed by atoms with E-state index in [1.54, 1.807) is 48.5 Å². The number of carboxylic acid groups (broad SMARTS) is 1. The molecule has 6 heteroatoms. The molecule has 0 bridgehead atoms. The standard InChI is InChI=1S/C20H21NO5/c22-19(23)13-21(16-5-2-1-3-6-16)20(24)15-8-10-17(11-9-15)26-14-18-7-4-12-25-18/h1-3,5-6,8-11,18H,4,7,12-14H2,(H,22,23). The van der Waals surface area contributed by atoms with Crippen molar-refractivity contribution in [3.8, 4) is 5.75 Å². The summed E-state index contributed by atoms with van der Waals surface area (Å²) < 4.78 is 11.2. The van der Waals surface area contributed by atoms with Gasteiger partial charge >= 0.3 is 5.97 Å². The average Bonchev–Trinajstić information content (AvgIpc) is 3.18. The molecule has 1 unspecified atom stereocenters. The first-order valence-electron chi connectivity index (χ1n) is 8.56. The van der Waals surface area contributed by atoms with Gasteiger partial charge in [0.1, 0.15) is 18.9 Å². The third-order valence-corrected chi connectivity index (χ3v) is 4.17. The van der Waals surface area contributed by atoms with Crippen LogP contribution >= 0.6 is 0 Å². The fraction of sp³-hybridized carbons (Fsp3) is 0.300. The molecule has 1 N–H and O–H groups in total. The molecule has 2 aromatic carbocycles. The normalized spacial score (nSPS) is 16.2. The maximum atomic E-state index is 12.8. The molecule has 0 spiro atoms. The predicted octanol–water partition coefficient (Wildman–Crippen LogP) is 2.98. The van der Waals surface area contributed by atoms with Gasteiger partial charge in [0.25, 0.3) is 5.91 Å². The van der Waals surface area contributed by atoms with Crippen LogP contribution < -0.4 is 9.64 Å². The molecule has 1 aliphatic rings. The van der Waals surface area contributed by atoms with Gasteiger partial charge in [0.05, 0.1) is 6.10 Å². The smallest absolute Gasteiger partial charge is 0.323 e. The minimum atomic E-state index is -1.07. The quantitative estimate of drug-likeness (QED) is 0.826. The number of hydrogen-bond donors (Lipinski definition) is 1. The zero-order chi connectivity index (χ0) is 18.4. The second kappa shape index (κ2) is 8.49. The zero-order valence-electron chi connectivity index (χ0n) is 14.3. The van der Waals surface area contributed by atoms with Crippen molar-refractivity contribution in [1.29, 1.82) is 0 Å². The van der Waals surface area contributed by atoms with E-state index in [-0.39, 0.29) is 12.0 Å². The van der Waals surface area contributed by atoms with Crippen LogP contribution in [0.2, 0.25) is 0 Å². The molecule has 1 fully saturated rings. The Morgan fingerprint density at radius 1 is 1.12 bits per heavy atom. The maximum Gasteiger partial charge on any atom is 0.323 e. The van der Waals surface area contributed by atoms with E-state index in [0.29, 0.717) is 23.6 Å². The number of hydrogen-bond acceptors (Lipinski definition) is 4. The van der Waals surface area contributed by atoms with Crippen molar-refractivity contribution < 1.29 is 24.2 Å². The van der Waals surface area contributed by atoms with Gasteiger partial charge in [0.2, 0.25) is 0 Å². The number of carbonyl (C=O) groups is 2. The Hall–Kier alpha value is -2.86. The number of aliphatic carboxylic acids is 1. The molecular weight excluding hydrogens is 334 g/mol. The monoisotopic (exact) mass is 355 g/mol. The lowest BCUT2D eigenvalue weighted by atomic mass is 10.1. The highest BCUT2D eigenvalue weighted by atomic mass is 16.5. The van der Waals surface area contributed by atoms with E-state index < -0.39 is 12.5 Å². The van der Waals surface area contributed by atoms with Crippen LogP contribution in [0.1, 0.15) is 23.2 Å². The lowest BCUT2D eigenvalue weighted by molar-refractivity contribution is -0.135. The largest absolute Gasteiger partial charge is 0.491 e. The lowest BCUT2D eigenvalue weighted by Crippen LogP contribution is -2.35. The van der Waals surface area contributed by atoms with Crippen LogP contribution in [0, 0.1) is 0 Å².